The van der Waals surface area contributed by atoms with E-state index in [-0.39, 0.29) is 0 Å². The third-order valence-corrected chi connectivity index (χ3v) is 4.00. The predicted octanol–water partition coefficient (Wildman–Crippen LogP) is 5.41. The van der Waals surface area contributed by atoms with Crippen LogP contribution in [0.25, 0.3) is 22.0 Å². The first-order valence-corrected chi connectivity index (χ1v) is 7.73. The maximum absolute atomic E-state index is 5.84. The summed E-state index contributed by atoms with van der Waals surface area (Å²) in [6.45, 7) is 0.591. The van der Waals surface area contributed by atoms with Crippen LogP contribution in [0.3, 0.4) is 0 Å². The maximum Gasteiger partial charge on any atom is 0.119 e. The van der Waals surface area contributed by atoms with Crippen LogP contribution in [0, 0.1) is 0 Å². The molecule has 0 atom stereocenters. The number of rotatable bonds is 4. The topological polar surface area (TPSA) is 25.0 Å². The van der Waals surface area contributed by atoms with Crippen molar-refractivity contribution in [1.29, 1.82) is 0 Å². The molecule has 0 aliphatic heterocycles. The number of aromatic amines is 1. The van der Waals surface area contributed by atoms with Crippen LogP contribution >= 0.6 is 0 Å². The number of H-pyrrole nitrogens is 1. The van der Waals surface area contributed by atoms with Crippen LogP contribution in [0.15, 0.2) is 85.1 Å². The second-order valence-electron chi connectivity index (χ2n) is 5.55. The zero-order valence-electron chi connectivity index (χ0n) is 12.7. The van der Waals surface area contributed by atoms with Crippen molar-refractivity contribution in [2.75, 3.05) is 0 Å². The molecule has 4 aromatic rings. The molecule has 4 rings (SSSR count). The fourth-order valence-corrected chi connectivity index (χ4v) is 2.78. The van der Waals surface area contributed by atoms with Gasteiger partial charge in [-0.3, -0.25) is 0 Å². The molecule has 1 aromatic heterocycles. The van der Waals surface area contributed by atoms with Gasteiger partial charge in [0.25, 0.3) is 0 Å². The first-order valence-electron chi connectivity index (χ1n) is 7.73. The Morgan fingerprint density at radius 2 is 1.48 bits per heavy atom. The maximum atomic E-state index is 5.84. The Bertz CT molecular complexity index is 907. The van der Waals surface area contributed by atoms with Crippen molar-refractivity contribution in [2.24, 2.45) is 0 Å². The molecule has 0 amide bonds. The Morgan fingerprint density at radius 1 is 0.739 bits per heavy atom. The van der Waals surface area contributed by atoms with Gasteiger partial charge in [0, 0.05) is 22.7 Å². The first kappa shape index (κ1) is 13.6. The van der Waals surface area contributed by atoms with Crippen molar-refractivity contribution in [3.05, 3.63) is 90.6 Å². The van der Waals surface area contributed by atoms with Crippen LogP contribution in [-0.2, 0) is 6.61 Å². The zero-order valence-corrected chi connectivity index (χ0v) is 12.7. The minimum Gasteiger partial charge on any atom is -0.489 e. The highest BCUT2D eigenvalue weighted by atomic mass is 16.5. The monoisotopic (exact) mass is 299 g/mol. The Morgan fingerprint density at radius 3 is 2.30 bits per heavy atom. The molecule has 112 valence electrons. The molecule has 1 heterocycles. The van der Waals surface area contributed by atoms with E-state index in [1.165, 1.54) is 22.1 Å². The second-order valence-corrected chi connectivity index (χ2v) is 5.55. The molecular weight excluding hydrogens is 282 g/mol. The predicted molar refractivity (Wildman–Crippen MR) is 94.5 cm³/mol. The number of para-hydroxylation sites is 1. The van der Waals surface area contributed by atoms with Crippen molar-refractivity contribution in [1.82, 2.24) is 4.98 Å². The van der Waals surface area contributed by atoms with Gasteiger partial charge in [-0.25, -0.2) is 0 Å². The smallest absolute Gasteiger partial charge is 0.119 e. The van der Waals surface area contributed by atoms with Crippen LogP contribution < -0.4 is 4.74 Å². The largest absolute Gasteiger partial charge is 0.489 e. The van der Waals surface area contributed by atoms with Crippen molar-refractivity contribution in [3.63, 3.8) is 0 Å². The summed E-state index contributed by atoms with van der Waals surface area (Å²) in [5, 5.41) is 1.24. The van der Waals surface area contributed by atoms with E-state index >= 15 is 0 Å². The zero-order chi connectivity index (χ0) is 15.5. The highest BCUT2D eigenvalue weighted by Crippen LogP contribution is 2.29. The van der Waals surface area contributed by atoms with E-state index in [9.17, 15) is 0 Å². The second kappa shape index (κ2) is 6.01. The van der Waals surface area contributed by atoms with E-state index in [0.717, 1.165) is 11.3 Å². The van der Waals surface area contributed by atoms with Gasteiger partial charge < -0.3 is 9.72 Å². The third kappa shape index (κ3) is 2.84. The lowest BCUT2D eigenvalue weighted by Crippen LogP contribution is -1.94. The molecule has 2 heteroatoms. The lowest BCUT2D eigenvalue weighted by molar-refractivity contribution is 0.306. The number of aromatic nitrogens is 1. The quantitative estimate of drug-likeness (QED) is 0.535. The summed E-state index contributed by atoms with van der Waals surface area (Å²) in [4.78, 5) is 3.32. The molecule has 0 spiro atoms. The molecule has 1 N–H and O–H groups in total. The van der Waals surface area contributed by atoms with Crippen LogP contribution in [0.4, 0.5) is 0 Å². The lowest BCUT2D eigenvalue weighted by Gasteiger charge is -2.07. The molecule has 0 fully saturated rings. The normalized spacial score (nSPS) is 10.8. The molecule has 23 heavy (non-hydrogen) atoms. The van der Waals surface area contributed by atoms with E-state index in [1.807, 2.05) is 36.4 Å². The van der Waals surface area contributed by atoms with Gasteiger partial charge >= 0.3 is 0 Å². The molecule has 2 nitrogen and oxygen atoms in total. The summed E-state index contributed by atoms with van der Waals surface area (Å²) in [5.41, 5.74) is 4.74. The van der Waals surface area contributed by atoms with Crippen LogP contribution in [-0.4, -0.2) is 4.98 Å². The highest BCUT2D eigenvalue weighted by molar-refractivity contribution is 5.95. The van der Waals surface area contributed by atoms with Crippen LogP contribution in [0.1, 0.15) is 5.56 Å². The standard InChI is InChI=1S/C21H17NO/c1-2-6-16(7-3-1)15-23-18-12-10-17(11-13-18)20-14-22-21-9-5-4-8-19(20)21/h1-14,22H,15H2. The average molecular weight is 299 g/mol. The van der Waals surface area contributed by atoms with E-state index in [1.54, 1.807) is 0 Å². The summed E-state index contributed by atoms with van der Waals surface area (Å²) >= 11 is 0. The van der Waals surface area contributed by atoms with Gasteiger partial charge in [-0.15, -0.1) is 0 Å². The van der Waals surface area contributed by atoms with Crippen molar-refractivity contribution < 1.29 is 4.74 Å². The van der Waals surface area contributed by atoms with Crippen molar-refractivity contribution in [2.45, 2.75) is 6.61 Å². The number of nitrogens with one attached hydrogen (secondary N) is 1. The van der Waals surface area contributed by atoms with Gasteiger partial charge in [-0.2, -0.15) is 0 Å². The van der Waals surface area contributed by atoms with Gasteiger partial charge in [0.2, 0.25) is 0 Å². The average Bonchev–Trinajstić information content (AvgIpc) is 3.05. The summed E-state index contributed by atoms with van der Waals surface area (Å²) < 4.78 is 5.84. The minimum absolute atomic E-state index is 0.591. The van der Waals surface area contributed by atoms with Gasteiger partial charge in [0.05, 0.1) is 0 Å². The molecular formula is C21H17NO. The van der Waals surface area contributed by atoms with Crippen molar-refractivity contribution in [3.8, 4) is 16.9 Å². The van der Waals surface area contributed by atoms with Gasteiger partial charge in [0.15, 0.2) is 0 Å². The van der Waals surface area contributed by atoms with E-state index < -0.39 is 0 Å². The SMILES string of the molecule is c1ccc(COc2ccc(-c3c[nH]c4ccccc34)cc2)cc1. The molecule has 0 bridgehead atoms. The lowest BCUT2D eigenvalue weighted by atomic mass is 10.0. The third-order valence-electron chi connectivity index (χ3n) is 4.00. The van der Waals surface area contributed by atoms with Gasteiger partial charge in [0.1, 0.15) is 12.4 Å². The number of hydrogen-bond acceptors (Lipinski definition) is 1. The van der Waals surface area contributed by atoms with Crippen LogP contribution in [0.5, 0.6) is 5.75 Å². The fraction of sp³-hybridized carbons (Fsp3) is 0.0476. The Hall–Kier alpha value is -3.00. The Balaban J connectivity index is 1.54. The summed E-state index contributed by atoms with van der Waals surface area (Å²) in [6.07, 6.45) is 2.06. The number of fused-ring (bicyclic) bond motifs is 1. The van der Waals surface area contributed by atoms with Gasteiger partial charge in [-0.05, 0) is 29.3 Å². The molecule has 0 aliphatic rings. The molecule has 0 aliphatic carbocycles. The van der Waals surface area contributed by atoms with Crippen molar-refractivity contribution >= 4 is 10.9 Å². The Kier molecular flexibility index (Phi) is 3.57. The molecule has 0 saturated heterocycles. The number of benzene rings is 3. The summed E-state index contributed by atoms with van der Waals surface area (Å²) in [6, 6.07) is 26.8. The molecule has 0 saturated carbocycles. The number of ether oxygens (including phenoxy) is 1. The molecule has 3 aromatic carbocycles. The number of hydrogen-bond donors (Lipinski definition) is 1. The summed E-state index contributed by atoms with van der Waals surface area (Å²) in [5.74, 6) is 0.887. The van der Waals surface area contributed by atoms with Gasteiger partial charge in [-0.1, -0.05) is 60.7 Å². The summed E-state index contributed by atoms with van der Waals surface area (Å²) in [7, 11) is 0. The highest BCUT2D eigenvalue weighted by Gasteiger charge is 2.05. The van der Waals surface area contributed by atoms with E-state index in [0.29, 0.717) is 6.61 Å². The van der Waals surface area contributed by atoms with E-state index in [4.69, 9.17) is 4.74 Å². The molecule has 0 radical (unpaired) electrons. The first-order chi connectivity index (χ1) is 11.4. The fourth-order valence-electron chi connectivity index (χ4n) is 2.78. The van der Waals surface area contributed by atoms with Crippen LogP contribution in [0.2, 0.25) is 0 Å². The Labute approximate surface area is 135 Å². The van der Waals surface area contributed by atoms with E-state index in [2.05, 4.69) is 53.6 Å². The molecule has 0 unspecified atom stereocenters. The minimum atomic E-state index is 0.591.